The van der Waals surface area contributed by atoms with Crippen molar-refractivity contribution < 1.29 is 9.90 Å². The summed E-state index contributed by atoms with van der Waals surface area (Å²) in [7, 11) is 0. The first kappa shape index (κ1) is 13.6. The summed E-state index contributed by atoms with van der Waals surface area (Å²) in [6.45, 7) is 0.501. The SMILES string of the molecule is NCCC[C@@H](N)C(=O)O.[KH]. The van der Waals surface area contributed by atoms with E-state index in [1.54, 1.807) is 0 Å². The molecule has 1 atom stereocenters. The van der Waals surface area contributed by atoms with Gasteiger partial charge in [-0.05, 0) is 19.4 Å². The first-order valence-corrected chi connectivity index (χ1v) is 2.87. The fourth-order valence-electron chi connectivity index (χ4n) is 0.461. The van der Waals surface area contributed by atoms with Gasteiger partial charge in [0.15, 0.2) is 0 Å². The van der Waals surface area contributed by atoms with E-state index in [9.17, 15) is 4.79 Å². The Morgan fingerprint density at radius 1 is 1.60 bits per heavy atom. The van der Waals surface area contributed by atoms with E-state index in [0.717, 1.165) is 0 Å². The van der Waals surface area contributed by atoms with Gasteiger partial charge in [0, 0.05) is 0 Å². The van der Waals surface area contributed by atoms with Crippen molar-refractivity contribution in [2.24, 2.45) is 11.5 Å². The Bertz CT molecular complexity index is 99.6. The Labute approximate surface area is 103 Å². The van der Waals surface area contributed by atoms with Gasteiger partial charge in [0.25, 0.3) is 0 Å². The molecule has 0 spiro atoms. The number of carboxylic acids is 1. The van der Waals surface area contributed by atoms with Gasteiger partial charge in [0.1, 0.15) is 6.04 Å². The molecular formula is C5H13KN2O2. The van der Waals surface area contributed by atoms with Gasteiger partial charge in [-0.1, -0.05) is 0 Å². The molecule has 4 nitrogen and oxygen atoms in total. The summed E-state index contributed by atoms with van der Waals surface area (Å²) in [5.41, 5.74) is 10.3. The van der Waals surface area contributed by atoms with Crippen LogP contribution in [-0.2, 0) is 4.79 Å². The molecule has 5 N–H and O–H groups in total. The molecule has 0 aliphatic rings. The topological polar surface area (TPSA) is 89.3 Å². The van der Waals surface area contributed by atoms with E-state index in [0.29, 0.717) is 19.4 Å². The normalized spacial score (nSPS) is 11.8. The maximum atomic E-state index is 10.0. The molecule has 56 valence electrons. The second-order valence-electron chi connectivity index (χ2n) is 1.88. The van der Waals surface area contributed by atoms with Crippen LogP contribution in [0.5, 0.6) is 0 Å². The quantitative estimate of drug-likeness (QED) is 0.450. The molecule has 0 aromatic rings. The summed E-state index contributed by atoms with van der Waals surface area (Å²) in [6.07, 6.45) is 1.14. The molecule has 0 radical (unpaired) electrons. The molecule has 10 heavy (non-hydrogen) atoms. The third kappa shape index (κ3) is 7.14. The Morgan fingerprint density at radius 3 is 2.40 bits per heavy atom. The number of aliphatic carboxylic acids is 1. The third-order valence-corrected chi connectivity index (χ3v) is 1.04. The van der Waals surface area contributed by atoms with Crippen molar-refractivity contribution in [3.8, 4) is 0 Å². The molecule has 0 unspecified atom stereocenters. The van der Waals surface area contributed by atoms with Crippen LogP contribution in [0.3, 0.4) is 0 Å². The molecule has 0 saturated heterocycles. The molecule has 0 fully saturated rings. The minimum absolute atomic E-state index is 0. The molecule has 0 bridgehead atoms. The number of hydrogen-bond acceptors (Lipinski definition) is 3. The van der Waals surface area contributed by atoms with Gasteiger partial charge in [-0.15, -0.1) is 0 Å². The Kier molecular flexibility index (Phi) is 11.1. The van der Waals surface area contributed by atoms with Gasteiger partial charge in [-0.3, -0.25) is 4.79 Å². The minimum atomic E-state index is -0.955. The molecule has 0 aromatic carbocycles. The molecule has 0 rings (SSSR count). The number of rotatable bonds is 4. The first-order chi connectivity index (χ1) is 4.18. The molecule has 0 aliphatic heterocycles. The van der Waals surface area contributed by atoms with E-state index in [4.69, 9.17) is 16.6 Å². The summed E-state index contributed by atoms with van der Waals surface area (Å²) in [4.78, 5) is 10.0. The van der Waals surface area contributed by atoms with Gasteiger partial charge in [-0.25, -0.2) is 0 Å². The van der Waals surface area contributed by atoms with Crippen LogP contribution >= 0.6 is 0 Å². The summed E-state index contributed by atoms with van der Waals surface area (Å²) in [5.74, 6) is -0.955. The monoisotopic (exact) mass is 172 g/mol. The Morgan fingerprint density at radius 2 is 2.10 bits per heavy atom. The van der Waals surface area contributed by atoms with Crippen molar-refractivity contribution in [1.82, 2.24) is 0 Å². The van der Waals surface area contributed by atoms with Gasteiger partial charge in [0.05, 0.1) is 0 Å². The van der Waals surface area contributed by atoms with Crippen LogP contribution in [0.15, 0.2) is 0 Å². The number of carboxylic acid groups (broad SMARTS) is 1. The number of nitrogens with two attached hydrogens (primary N) is 2. The van der Waals surface area contributed by atoms with E-state index >= 15 is 0 Å². The van der Waals surface area contributed by atoms with E-state index in [2.05, 4.69) is 0 Å². The van der Waals surface area contributed by atoms with E-state index in [1.807, 2.05) is 0 Å². The van der Waals surface area contributed by atoms with Crippen LogP contribution in [0.4, 0.5) is 0 Å². The summed E-state index contributed by atoms with van der Waals surface area (Å²) >= 11 is 0. The van der Waals surface area contributed by atoms with Crippen molar-refractivity contribution in [3.63, 3.8) is 0 Å². The van der Waals surface area contributed by atoms with Crippen LogP contribution in [-0.4, -0.2) is 75.0 Å². The summed E-state index contributed by atoms with van der Waals surface area (Å²) < 4.78 is 0. The molecule has 0 saturated carbocycles. The standard InChI is InChI=1S/C5H12N2O2.K.H/c6-3-1-2-4(7)5(8)9;;/h4H,1-3,6-7H2,(H,8,9);;/t4-;;/m1../s1. The first-order valence-electron chi connectivity index (χ1n) is 2.87. The van der Waals surface area contributed by atoms with Crippen molar-refractivity contribution >= 4 is 57.4 Å². The molecular weight excluding hydrogens is 159 g/mol. The van der Waals surface area contributed by atoms with E-state index in [-0.39, 0.29) is 51.4 Å². The van der Waals surface area contributed by atoms with Crippen LogP contribution < -0.4 is 11.5 Å². The predicted molar refractivity (Wildman–Crippen MR) is 41.0 cm³/mol. The van der Waals surface area contributed by atoms with Gasteiger partial charge in [-0.2, -0.15) is 0 Å². The van der Waals surface area contributed by atoms with Crippen LogP contribution in [0.1, 0.15) is 12.8 Å². The van der Waals surface area contributed by atoms with Crippen molar-refractivity contribution in [2.75, 3.05) is 6.54 Å². The van der Waals surface area contributed by atoms with Crippen LogP contribution in [0, 0.1) is 0 Å². The van der Waals surface area contributed by atoms with Gasteiger partial charge >= 0.3 is 57.4 Å². The van der Waals surface area contributed by atoms with Crippen molar-refractivity contribution in [1.29, 1.82) is 0 Å². The van der Waals surface area contributed by atoms with Gasteiger partial charge < -0.3 is 16.6 Å². The summed E-state index contributed by atoms with van der Waals surface area (Å²) in [6, 6.07) is -0.742. The fourth-order valence-corrected chi connectivity index (χ4v) is 0.461. The average Bonchev–Trinajstić information content (AvgIpc) is 1.82. The average molecular weight is 172 g/mol. The second-order valence-corrected chi connectivity index (χ2v) is 1.88. The van der Waals surface area contributed by atoms with Crippen molar-refractivity contribution in [3.05, 3.63) is 0 Å². The zero-order valence-corrected chi connectivity index (χ0v) is 5.21. The Hall–Kier alpha value is 1.03. The number of carbonyl (C=O) groups is 1. The zero-order chi connectivity index (χ0) is 7.28. The molecule has 5 heteroatoms. The third-order valence-electron chi connectivity index (χ3n) is 1.04. The number of hydrogen-bond donors (Lipinski definition) is 3. The molecule has 0 aliphatic carbocycles. The maximum absolute atomic E-state index is 10.0. The fraction of sp³-hybridized carbons (Fsp3) is 0.800. The molecule has 0 amide bonds. The Balaban J connectivity index is 0. The predicted octanol–water partition coefficient (Wildman–Crippen LogP) is -1.51. The molecule has 0 heterocycles. The summed E-state index contributed by atoms with van der Waals surface area (Å²) in [5, 5.41) is 8.24. The van der Waals surface area contributed by atoms with E-state index < -0.39 is 12.0 Å². The van der Waals surface area contributed by atoms with E-state index in [1.165, 1.54) is 0 Å². The van der Waals surface area contributed by atoms with Crippen LogP contribution in [0.2, 0.25) is 0 Å². The second kappa shape index (κ2) is 8.13. The van der Waals surface area contributed by atoms with Gasteiger partial charge in [0.2, 0.25) is 0 Å². The zero-order valence-electron chi connectivity index (χ0n) is 5.21. The molecule has 0 aromatic heterocycles. The van der Waals surface area contributed by atoms with Crippen molar-refractivity contribution in [2.45, 2.75) is 18.9 Å². The van der Waals surface area contributed by atoms with Crippen LogP contribution in [0.25, 0.3) is 0 Å².